The molecule has 176 valence electrons. The number of rotatable bonds is 5. The van der Waals surface area contributed by atoms with Crippen molar-refractivity contribution >= 4 is 27.4 Å². The van der Waals surface area contributed by atoms with Crippen LogP contribution in [0.4, 0.5) is 5.13 Å². The van der Waals surface area contributed by atoms with Gasteiger partial charge in [0.15, 0.2) is 5.13 Å². The third kappa shape index (κ3) is 4.28. The van der Waals surface area contributed by atoms with E-state index in [0.717, 1.165) is 71.0 Å². The molecule has 0 amide bonds. The van der Waals surface area contributed by atoms with Gasteiger partial charge in [-0.2, -0.15) is 0 Å². The molecular formula is C26H30N6OS. The molecule has 0 spiro atoms. The van der Waals surface area contributed by atoms with E-state index < -0.39 is 0 Å². The van der Waals surface area contributed by atoms with Crippen LogP contribution in [0, 0.1) is 0 Å². The topological polar surface area (TPSA) is 79.0 Å². The van der Waals surface area contributed by atoms with Gasteiger partial charge in [0.1, 0.15) is 6.10 Å². The Kier molecular flexibility index (Phi) is 5.93. The molecule has 2 atom stereocenters. The van der Waals surface area contributed by atoms with Crippen LogP contribution in [0.15, 0.2) is 42.2 Å². The third-order valence-electron chi connectivity index (χ3n) is 6.95. The summed E-state index contributed by atoms with van der Waals surface area (Å²) in [4.78, 5) is 20.1. The summed E-state index contributed by atoms with van der Waals surface area (Å²) in [6.07, 6.45) is 11.6. The maximum atomic E-state index is 6.11. The smallest absolute Gasteiger partial charge is 0.233 e. The minimum Gasteiger partial charge on any atom is -0.472 e. The van der Waals surface area contributed by atoms with Crippen molar-refractivity contribution in [3.63, 3.8) is 0 Å². The van der Waals surface area contributed by atoms with Gasteiger partial charge in [0.05, 0.1) is 23.8 Å². The summed E-state index contributed by atoms with van der Waals surface area (Å²) in [5.74, 6) is 0.580. The van der Waals surface area contributed by atoms with E-state index in [1.165, 1.54) is 19.3 Å². The van der Waals surface area contributed by atoms with Gasteiger partial charge in [0.25, 0.3) is 0 Å². The normalized spacial score (nSPS) is 21.1. The molecule has 1 aromatic carbocycles. The Morgan fingerprint density at radius 3 is 2.94 bits per heavy atom. The first-order valence-electron chi connectivity index (χ1n) is 12.3. The number of ether oxygens (including phenoxy) is 1. The Morgan fingerprint density at radius 1 is 1.09 bits per heavy atom. The Bertz CT molecular complexity index is 1280. The number of nitrogens with zero attached hydrogens (tertiary/aromatic N) is 4. The average Bonchev–Trinajstić information content (AvgIpc) is 3.52. The lowest BCUT2D eigenvalue weighted by molar-refractivity contribution is 0.160. The molecule has 34 heavy (non-hydrogen) atoms. The molecule has 2 aliphatic rings. The van der Waals surface area contributed by atoms with Crippen LogP contribution in [-0.4, -0.2) is 51.7 Å². The monoisotopic (exact) mass is 474 g/mol. The molecule has 3 aromatic heterocycles. The highest BCUT2D eigenvalue weighted by Gasteiger charge is 2.22. The molecule has 7 nitrogen and oxygen atoms in total. The molecule has 0 radical (unpaired) electrons. The Balaban J connectivity index is 1.29. The molecule has 8 heteroatoms. The zero-order chi connectivity index (χ0) is 22.9. The minimum atomic E-state index is 0.148. The van der Waals surface area contributed by atoms with Crippen molar-refractivity contribution in [2.45, 2.75) is 51.2 Å². The van der Waals surface area contributed by atoms with E-state index >= 15 is 0 Å². The predicted molar refractivity (Wildman–Crippen MR) is 138 cm³/mol. The van der Waals surface area contributed by atoms with Crippen molar-refractivity contribution < 1.29 is 4.74 Å². The Labute approximate surface area is 203 Å². The molecule has 6 rings (SSSR count). The number of piperidine rings is 2. The molecule has 0 bridgehead atoms. The van der Waals surface area contributed by atoms with E-state index in [2.05, 4.69) is 50.7 Å². The molecule has 1 unspecified atom stereocenters. The van der Waals surface area contributed by atoms with E-state index in [-0.39, 0.29) is 6.10 Å². The molecule has 2 fully saturated rings. The van der Waals surface area contributed by atoms with E-state index in [1.807, 2.05) is 6.20 Å². The highest BCUT2D eigenvalue weighted by atomic mass is 32.1. The quantitative estimate of drug-likeness (QED) is 0.411. The molecule has 2 aliphatic heterocycles. The molecule has 0 aliphatic carbocycles. The van der Waals surface area contributed by atoms with Gasteiger partial charge >= 0.3 is 0 Å². The lowest BCUT2D eigenvalue weighted by Gasteiger charge is -2.33. The van der Waals surface area contributed by atoms with Gasteiger partial charge in [-0.25, -0.2) is 9.97 Å². The number of nitrogens with one attached hydrogen (secondary N) is 2. The van der Waals surface area contributed by atoms with Gasteiger partial charge in [0.2, 0.25) is 5.88 Å². The molecule has 2 saturated heterocycles. The van der Waals surface area contributed by atoms with Crippen molar-refractivity contribution in [1.29, 1.82) is 0 Å². The van der Waals surface area contributed by atoms with Crippen LogP contribution >= 0.6 is 11.3 Å². The predicted octanol–water partition coefficient (Wildman–Crippen LogP) is 5.26. The number of thiazole rings is 1. The zero-order valence-corrected chi connectivity index (χ0v) is 20.3. The SMILES string of the molecule is C[C@H]1CCCCN1c1nc(-c2ccc3[nH]cc(-c4cncc(OC5CCCNC5)n4)c3c2)cs1. The third-order valence-corrected chi connectivity index (χ3v) is 7.82. The highest BCUT2D eigenvalue weighted by Crippen LogP contribution is 2.35. The number of H-pyrrole nitrogens is 1. The Hall–Kier alpha value is -2.97. The van der Waals surface area contributed by atoms with Crippen molar-refractivity contribution in [2.24, 2.45) is 0 Å². The summed E-state index contributed by atoms with van der Waals surface area (Å²) in [6.45, 7) is 5.32. The molecule has 2 N–H and O–H groups in total. The molecular weight excluding hydrogens is 444 g/mol. The molecule has 4 aromatic rings. The van der Waals surface area contributed by atoms with Crippen LogP contribution in [0.5, 0.6) is 5.88 Å². The number of anilines is 1. The van der Waals surface area contributed by atoms with Gasteiger partial charge in [-0.05, 0) is 57.7 Å². The standard InChI is InChI=1S/C26H30N6OS/c1-17-5-2-3-10-32(17)26-31-24(16-34-26)18-7-8-22-20(11-18)21(13-29-22)23-14-28-15-25(30-23)33-19-6-4-9-27-12-19/h7-8,11,13-17,19,27,29H,2-6,9-10,12H2,1H3/t17-,19?/m0/s1. The summed E-state index contributed by atoms with van der Waals surface area (Å²) in [5, 5.41) is 7.80. The first-order chi connectivity index (χ1) is 16.7. The maximum Gasteiger partial charge on any atom is 0.233 e. The van der Waals surface area contributed by atoms with Crippen LogP contribution in [0.1, 0.15) is 39.0 Å². The number of fused-ring (bicyclic) bond motifs is 1. The first-order valence-corrected chi connectivity index (χ1v) is 13.2. The second-order valence-electron chi connectivity index (χ2n) is 9.34. The second-order valence-corrected chi connectivity index (χ2v) is 10.2. The van der Waals surface area contributed by atoms with E-state index in [0.29, 0.717) is 11.9 Å². The van der Waals surface area contributed by atoms with Crippen LogP contribution in [-0.2, 0) is 0 Å². The number of aromatic amines is 1. The number of hydrogen-bond donors (Lipinski definition) is 2. The van der Waals surface area contributed by atoms with Gasteiger partial charge < -0.3 is 19.9 Å². The van der Waals surface area contributed by atoms with Crippen molar-refractivity contribution in [1.82, 2.24) is 25.3 Å². The van der Waals surface area contributed by atoms with E-state index in [4.69, 9.17) is 14.7 Å². The molecule has 0 saturated carbocycles. The Morgan fingerprint density at radius 2 is 2.06 bits per heavy atom. The summed E-state index contributed by atoms with van der Waals surface area (Å²) in [5.41, 5.74) is 5.06. The first kappa shape index (κ1) is 21.6. The summed E-state index contributed by atoms with van der Waals surface area (Å²) in [7, 11) is 0. The highest BCUT2D eigenvalue weighted by molar-refractivity contribution is 7.14. The van der Waals surface area contributed by atoms with Crippen molar-refractivity contribution in [3.05, 3.63) is 42.2 Å². The molecule has 5 heterocycles. The summed E-state index contributed by atoms with van der Waals surface area (Å²) >= 11 is 1.74. The van der Waals surface area contributed by atoms with Crippen LogP contribution in [0.3, 0.4) is 0 Å². The maximum absolute atomic E-state index is 6.11. The fraction of sp³-hybridized carbons (Fsp3) is 0.423. The largest absolute Gasteiger partial charge is 0.472 e. The minimum absolute atomic E-state index is 0.148. The number of aromatic nitrogens is 4. The van der Waals surface area contributed by atoms with Crippen LogP contribution < -0.4 is 15.0 Å². The van der Waals surface area contributed by atoms with Crippen LogP contribution in [0.2, 0.25) is 0 Å². The van der Waals surface area contributed by atoms with Gasteiger partial charge in [-0.3, -0.25) is 4.98 Å². The second kappa shape index (κ2) is 9.35. The van der Waals surface area contributed by atoms with Gasteiger partial charge in [-0.1, -0.05) is 6.07 Å². The zero-order valence-electron chi connectivity index (χ0n) is 19.5. The van der Waals surface area contributed by atoms with E-state index in [1.54, 1.807) is 23.7 Å². The fourth-order valence-corrected chi connectivity index (χ4v) is 5.99. The van der Waals surface area contributed by atoms with E-state index in [9.17, 15) is 0 Å². The lowest BCUT2D eigenvalue weighted by Crippen LogP contribution is -2.37. The summed E-state index contributed by atoms with van der Waals surface area (Å²) in [6, 6.07) is 7.03. The number of hydrogen-bond acceptors (Lipinski definition) is 7. The van der Waals surface area contributed by atoms with Gasteiger partial charge in [0, 0.05) is 52.7 Å². The number of benzene rings is 1. The fourth-order valence-electron chi connectivity index (χ4n) is 5.03. The van der Waals surface area contributed by atoms with Crippen LogP contribution in [0.25, 0.3) is 33.4 Å². The van der Waals surface area contributed by atoms with Crippen molar-refractivity contribution in [2.75, 3.05) is 24.5 Å². The average molecular weight is 475 g/mol. The van der Waals surface area contributed by atoms with Gasteiger partial charge in [-0.15, -0.1) is 11.3 Å². The van der Waals surface area contributed by atoms with Crippen molar-refractivity contribution in [3.8, 4) is 28.4 Å². The summed E-state index contributed by atoms with van der Waals surface area (Å²) < 4.78 is 6.11. The lowest BCUT2D eigenvalue weighted by atomic mass is 10.0.